The highest BCUT2D eigenvalue weighted by Crippen LogP contribution is 2.33. The Morgan fingerprint density at radius 1 is 1.02 bits per heavy atom. The van der Waals surface area contributed by atoms with Crippen molar-refractivity contribution in [3.63, 3.8) is 0 Å². The number of benzene rings is 3. The van der Waals surface area contributed by atoms with Crippen molar-refractivity contribution in [2.24, 2.45) is 0 Å². The van der Waals surface area contributed by atoms with Gasteiger partial charge >= 0.3 is 0 Å². The lowest BCUT2D eigenvalue weighted by Crippen LogP contribution is -2.58. The molecule has 46 heavy (non-hydrogen) atoms. The molecule has 0 spiro atoms. The summed E-state index contributed by atoms with van der Waals surface area (Å²) in [6, 6.07) is 17.5. The number of likely N-dealkylation sites (tertiary alicyclic amines) is 1. The third kappa shape index (κ3) is 6.93. The van der Waals surface area contributed by atoms with Gasteiger partial charge in [-0.3, -0.25) is 19.4 Å². The molecule has 4 aromatic rings. The quantitative estimate of drug-likeness (QED) is 0.341. The lowest BCUT2D eigenvalue weighted by molar-refractivity contribution is -0.123. The lowest BCUT2D eigenvalue weighted by atomic mass is 9.98. The summed E-state index contributed by atoms with van der Waals surface area (Å²) in [6.45, 7) is 2.17. The maximum absolute atomic E-state index is 14.7. The van der Waals surface area contributed by atoms with E-state index in [2.05, 4.69) is 15.6 Å². The number of carbonyl (C=O) groups is 3. The van der Waals surface area contributed by atoms with E-state index in [0.29, 0.717) is 46.7 Å². The topological polar surface area (TPSA) is 119 Å². The van der Waals surface area contributed by atoms with E-state index in [1.807, 2.05) is 13.0 Å². The van der Waals surface area contributed by atoms with E-state index >= 15 is 0 Å². The first-order valence-electron chi connectivity index (χ1n) is 14.9. The number of nitrogens with one attached hydrogen (secondary N) is 2. The zero-order valence-corrected chi connectivity index (χ0v) is 25.4. The van der Waals surface area contributed by atoms with E-state index in [0.717, 1.165) is 11.1 Å². The number of methoxy groups -OCH3 is 1. The molecule has 2 N–H and O–H groups in total. The molecule has 1 aromatic heterocycles. The molecule has 10 nitrogen and oxygen atoms in total. The third-order valence-corrected chi connectivity index (χ3v) is 7.96. The van der Waals surface area contributed by atoms with Crippen LogP contribution in [0.25, 0.3) is 11.1 Å². The number of piperidine rings is 1. The van der Waals surface area contributed by atoms with E-state index in [1.54, 1.807) is 66.7 Å². The second-order valence-electron chi connectivity index (χ2n) is 11.3. The van der Waals surface area contributed by atoms with Gasteiger partial charge in [-0.2, -0.15) is 0 Å². The van der Waals surface area contributed by atoms with Crippen molar-refractivity contribution >= 4 is 17.7 Å². The Hall–Kier alpha value is -5.45. The highest BCUT2D eigenvalue weighted by Gasteiger charge is 2.35. The molecule has 3 heterocycles. The number of hydrogen-bond donors (Lipinski definition) is 2. The smallest absolute Gasteiger partial charge is 0.258 e. The number of aromatic nitrogens is 1. The monoisotopic (exact) mass is 624 g/mol. The fraction of sp³-hybridized carbons (Fsp3) is 0.257. The van der Waals surface area contributed by atoms with Crippen LogP contribution in [0.2, 0.25) is 0 Å². The zero-order chi connectivity index (χ0) is 32.2. The minimum Gasteiger partial charge on any atom is -0.496 e. The van der Waals surface area contributed by atoms with Crippen molar-refractivity contribution in [3.05, 3.63) is 107 Å². The van der Waals surface area contributed by atoms with Crippen molar-refractivity contribution in [1.82, 2.24) is 20.5 Å². The summed E-state index contributed by atoms with van der Waals surface area (Å²) in [4.78, 5) is 45.7. The van der Waals surface area contributed by atoms with Gasteiger partial charge in [0.1, 0.15) is 29.2 Å². The number of carbonyl (C=O) groups excluding carboxylic acids is 3. The average Bonchev–Trinajstić information content (AvgIpc) is 3.06. The van der Waals surface area contributed by atoms with Crippen LogP contribution < -0.4 is 24.8 Å². The second-order valence-corrected chi connectivity index (χ2v) is 11.3. The van der Waals surface area contributed by atoms with Crippen LogP contribution in [-0.4, -0.2) is 66.6 Å². The lowest BCUT2D eigenvalue weighted by Gasteiger charge is -2.39. The summed E-state index contributed by atoms with van der Waals surface area (Å²) in [5.74, 6) is -0.278. The van der Waals surface area contributed by atoms with E-state index in [1.165, 1.54) is 18.3 Å². The van der Waals surface area contributed by atoms with Crippen LogP contribution in [0.5, 0.6) is 17.2 Å². The van der Waals surface area contributed by atoms with Gasteiger partial charge in [-0.1, -0.05) is 12.1 Å². The number of pyridine rings is 1. The summed E-state index contributed by atoms with van der Waals surface area (Å²) in [6.07, 6.45) is 2.98. The molecule has 2 atom stereocenters. The largest absolute Gasteiger partial charge is 0.496 e. The number of ether oxygens (including phenoxy) is 3. The second kappa shape index (κ2) is 13.3. The molecule has 1 saturated heterocycles. The molecule has 0 unspecified atom stereocenters. The molecular weight excluding hydrogens is 591 g/mol. The van der Waals surface area contributed by atoms with E-state index in [-0.39, 0.29) is 43.2 Å². The molecule has 0 saturated carbocycles. The van der Waals surface area contributed by atoms with Gasteiger partial charge in [-0.25, -0.2) is 4.39 Å². The van der Waals surface area contributed by atoms with Crippen molar-refractivity contribution in [2.75, 3.05) is 26.8 Å². The zero-order valence-electron chi connectivity index (χ0n) is 25.4. The first-order chi connectivity index (χ1) is 22.2. The summed E-state index contributed by atoms with van der Waals surface area (Å²) in [5, 5.41) is 5.82. The number of aryl methyl sites for hydroxylation is 1. The molecule has 2 aliphatic rings. The van der Waals surface area contributed by atoms with Crippen LogP contribution >= 0.6 is 0 Å². The summed E-state index contributed by atoms with van der Waals surface area (Å²) in [7, 11) is 1.54. The van der Waals surface area contributed by atoms with Crippen LogP contribution in [0, 0.1) is 12.7 Å². The van der Waals surface area contributed by atoms with E-state index < -0.39 is 18.0 Å². The van der Waals surface area contributed by atoms with Crippen LogP contribution in [-0.2, 0) is 11.3 Å². The number of amides is 3. The average molecular weight is 625 g/mol. The molecular formula is C35H33FN4O6. The Kier molecular flexibility index (Phi) is 8.82. The Labute approximate surface area is 265 Å². The molecule has 6 rings (SSSR count). The molecule has 3 amide bonds. The van der Waals surface area contributed by atoms with Crippen molar-refractivity contribution in [1.29, 1.82) is 0 Å². The minimum atomic E-state index is -0.640. The number of halogens is 1. The van der Waals surface area contributed by atoms with E-state index in [9.17, 15) is 18.8 Å². The minimum absolute atomic E-state index is 0.0526. The molecule has 3 aromatic carbocycles. The molecule has 0 radical (unpaired) electrons. The number of rotatable bonds is 2. The molecule has 2 aliphatic heterocycles. The maximum atomic E-state index is 14.7. The Morgan fingerprint density at radius 3 is 2.72 bits per heavy atom. The standard InChI is InChI=1S/C35H33FN4O6/c1-21-10-25(18-37-16-21)35(43)40-9-8-32-30(19-40)39-34(42)24-6-7-31(44-2)29(14-24)23-4-3-5-27(13-23)45-20-33(41)38-17-22-11-26(36)15-28(12-22)46-32/h3-7,10-16,18,30,32H,8-9,17,19-20H2,1-2H3,(H,38,41)(H,39,42)/t30-,32-/m1/s1. The summed E-state index contributed by atoms with van der Waals surface area (Å²) >= 11 is 0. The number of nitrogens with zero attached hydrogens (tertiary/aromatic N) is 2. The van der Waals surface area contributed by atoms with Crippen molar-refractivity contribution < 1.29 is 33.0 Å². The molecule has 11 heteroatoms. The van der Waals surface area contributed by atoms with Crippen LogP contribution in [0.15, 0.2) is 79.1 Å². The molecule has 236 valence electrons. The molecule has 6 bridgehead atoms. The maximum Gasteiger partial charge on any atom is 0.258 e. The Bertz CT molecular complexity index is 1800. The molecule has 0 aliphatic carbocycles. The van der Waals surface area contributed by atoms with Gasteiger partial charge in [-0.05, 0) is 72.1 Å². The van der Waals surface area contributed by atoms with Gasteiger partial charge in [0.15, 0.2) is 6.61 Å². The highest BCUT2D eigenvalue weighted by atomic mass is 19.1. The Morgan fingerprint density at radius 2 is 1.89 bits per heavy atom. The number of fused-ring (bicyclic) bond motifs is 8. The fourth-order valence-electron chi connectivity index (χ4n) is 5.70. The SMILES string of the molecule is COc1ccc2cc1-c1cccc(c1)OCC(=O)NCc1cc(F)cc(c1)O[C@@H]1CCN(C(=O)c3cncc(C)c3)C[C@H]1NC2=O. The fourth-order valence-corrected chi connectivity index (χ4v) is 5.70. The van der Waals surface area contributed by atoms with Gasteiger partial charge in [-0.15, -0.1) is 0 Å². The predicted octanol–water partition coefficient (Wildman–Crippen LogP) is 4.31. The van der Waals surface area contributed by atoms with Gasteiger partial charge in [0.05, 0.1) is 18.7 Å². The van der Waals surface area contributed by atoms with Crippen LogP contribution in [0.4, 0.5) is 4.39 Å². The number of hydrogen-bond acceptors (Lipinski definition) is 7. The third-order valence-electron chi connectivity index (χ3n) is 7.96. The Balaban J connectivity index is 1.37. The highest BCUT2D eigenvalue weighted by molar-refractivity contribution is 5.97. The van der Waals surface area contributed by atoms with Crippen LogP contribution in [0.3, 0.4) is 0 Å². The summed E-state index contributed by atoms with van der Waals surface area (Å²) in [5.41, 5.74) is 3.52. The first kappa shape index (κ1) is 30.6. The first-order valence-corrected chi connectivity index (χ1v) is 14.9. The van der Waals surface area contributed by atoms with E-state index in [4.69, 9.17) is 14.2 Å². The summed E-state index contributed by atoms with van der Waals surface area (Å²) < 4.78 is 32.3. The van der Waals surface area contributed by atoms with Gasteiger partial charge < -0.3 is 29.7 Å². The normalized spacial score (nSPS) is 18.3. The van der Waals surface area contributed by atoms with Gasteiger partial charge in [0.25, 0.3) is 17.7 Å². The van der Waals surface area contributed by atoms with Crippen molar-refractivity contribution in [3.8, 4) is 28.4 Å². The van der Waals surface area contributed by atoms with Gasteiger partial charge in [0, 0.05) is 55.6 Å². The van der Waals surface area contributed by atoms with Crippen LogP contribution in [0.1, 0.15) is 38.3 Å². The van der Waals surface area contributed by atoms with Gasteiger partial charge in [0.2, 0.25) is 0 Å². The predicted molar refractivity (Wildman–Crippen MR) is 167 cm³/mol. The molecule has 1 fully saturated rings. The van der Waals surface area contributed by atoms with Crippen molar-refractivity contribution in [2.45, 2.75) is 32.0 Å².